The second-order valence-electron chi connectivity index (χ2n) is 3.09. The van der Waals surface area contributed by atoms with Gasteiger partial charge < -0.3 is 9.30 Å². The SMILES string of the molecule is Cn1cccc1C1CC(=O)OC1=O. The predicted octanol–water partition coefficient (Wildman–Crippen LogP) is 0.582. The molecule has 1 saturated heterocycles. The van der Waals surface area contributed by atoms with Gasteiger partial charge in [0.2, 0.25) is 0 Å². The van der Waals surface area contributed by atoms with Crippen LogP contribution in [0.5, 0.6) is 0 Å². The summed E-state index contributed by atoms with van der Waals surface area (Å²) in [4.78, 5) is 22.0. The Morgan fingerprint density at radius 3 is 2.77 bits per heavy atom. The van der Waals surface area contributed by atoms with Crippen LogP contribution in [0.2, 0.25) is 0 Å². The molecule has 1 fully saturated rings. The molecule has 1 aromatic rings. The largest absolute Gasteiger partial charge is 0.393 e. The van der Waals surface area contributed by atoms with Gasteiger partial charge in [0.15, 0.2) is 0 Å². The van der Waals surface area contributed by atoms with Crippen LogP contribution in [0.25, 0.3) is 0 Å². The summed E-state index contributed by atoms with van der Waals surface area (Å²) in [5.74, 6) is -1.28. The summed E-state index contributed by atoms with van der Waals surface area (Å²) in [5, 5.41) is 0. The number of esters is 2. The molecule has 13 heavy (non-hydrogen) atoms. The van der Waals surface area contributed by atoms with Gasteiger partial charge in [-0.25, -0.2) is 0 Å². The van der Waals surface area contributed by atoms with Crippen LogP contribution in [-0.4, -0.2) is 16.5 Å². The van der Waals surface area contributed by atoms with Crippen LogP contribution in [0.15, 0.2) is 18.3 Å². The van der Waals surface area contributed by atoms with E-state index >= 15 is 0 Å². The maximum Gasteiger partial charge on any atom is 0.323 e. The van der Waals surface area contributed by atoms with E-state index in [0.717, 1.165) is 5.69 Å². The van der Waals surface area contributed by atoms with Gasteiger partial charge in [-0.2, -0.15) is 0 Å². The molecule has 0 aromatic carbocycles. The van der Waals surface area contributed by atoms with Crippen molar-refractivity contribution >= 4 is 11.9 Å². The molecule has 2 heterocycles. The number of nitrogens with zero attached hydrogens (tertiary/aromatic N) is 1. The first-order valence-corrected chi connectivity index (χ1v) is 4.04. The molecule has 1 aliphatic heterocycles. The maximum absolute atomic E-state index is 11.2. The predicted molar refractivity (Wildman–Crippen MR) is 43.9 cm³/mol. The van der Waals surface area contributed by atoms with E-state index in [4.69, 9.17) is 0 Å². The molecule has 0 N–H and O–H groups in total. The molecule has 1 atom stereocenters. The monoisotopic (exact) mass is 179 g/mol. The Labute approximate surface area is 75.1 Å². The number of carbonyl (C=O) groups excluding carboxylic acids is 2. The molecule has 1 aromatic heterocycles. The van der Waals surface area contributed by atoms with Gasteiger partial charge in [0.25, 0.3) is 0 Å². The van der Waals surface area contributed by atoms with E-state index in [1.54, 1.807) is 0 Å². The Morgan fingerprint density at radius 2 is 2.31 bits per heavy atom. The average Bonchev–Trinajstić information content (AvgIpc) is 2.58. The van der Waals surface area contributed by atoms with E-state index in [-0.39, 0.29) is 6.42 Å². The molecule has 2 rings (SSSR count). The fourth-order valence-corrected chi connectivity index (χ4v) is 1.54. The third-order valence-corrected chi connectivity index (χ3v) is 2.21. The molecular weight excluding hydrogens is 170 g/mol. The summed E-state index contributed by atoms with van der Waals surface area (Å²) < 4.78 is 6.29. The third kappa shape index (κ3) is 1.24. The lowest BCUT2D eigenvalue weighted by atomic mass is 10.0. The Balaban J connectivity index is 2.32. The molecule has 1 aliphatic rings. The van der Waals surface area contributed by atoms with Crippen LogP contribution in [0, 0.1) is 0 Å². The highest BCUT2D eigenvalue weighted by atomic mass is 16.6. The Morgan fingerprint density at radius 1 is 1.54 bits per heavy atom. The highest BCUT2D eigenvalue weighted by Gasteiger charge is 2.35. The van der Waals surface area contributed by atoms with Gasteiger partial charge in [0, 0.05) is 18.9 Å². The van der Waals surface area contributed by atoms with Gasteiger partial charge >= 0.3 is 11.9 Å². The zero-order chi connectivity index (χ0) is 9.42. The van der Waals surface area contributed by atoms with E-state index in [1.165, 1.54) is 0 Å². The molecule has 0 amide bonds. The van der Waals surface area contributed by atoms with Crippen LogP contribution < -0.4 is 0 Å². The number of hydrogen-bond donors (Lipinski definition) is 0. The number of cyclic esters (lactones) is 2. The molecule has 1 unspecified atom stereocenters. The van der Waals surface area contributed by atoms with Crippen molar-refractivity contribution in [3.8, 4) is 0 Å². The molecule has 0 radical (unpaired) electrons. The fraction of sp³-hybridized carbons (Fsp3) is 0.333. The van der Waals surface area contributed by atoms with Gasteiger partial charge in [-0.3, -0.25) is 9.59 Å². The normalized spacial score (nSPS) is 22.1. The summed E-state index contributed by atoms with van der Waals surface area (Å²) in [6.45, 7) is 0. The van der Waals surface area contributed by atoms with Crippen molar-refractivity contribution < 1.29 is 14.3 Å². The first-order chi connectivity index (χ1) is 6.18. The lowest BCUT2D eigenvalue weighted by Gasteiger charge is -2.05. The molecule has 0 bridgehead atoms. The number of ether oxygens (including phenoxy) is 1. The van der Waals surface area contributed by atoms with Crippen LogP contribution in [0.3, 0.4) is 0 Å². The van der Waals surface area contributed by atoms with E-state index in [9.17, 15) is 9.59 Å². The van der Waals surface area contributed by atoms with Crippen molar-refractivity contribution in [1.29, 1.82) is 0 Å². The maximum atomic E-state index is 11.2. The summed E-state index contributed by atoms with van der Waals surface area (Å²) >= 11 is 0. The second-order valence-corrected chi connectivity index (χ2v) is 3.09. The number of aromatic nitrogens is 1. The number of rotatable bonds is 1. The smallest absolute Gasteiger partial charge is 0.323 e. The fourth-order valence-electron chi connectivity index (χ4n) is 1.54. The van der Waals surface area contributed by atoms with Crippen LogP contribution in [-0.2, 0) is 21.4 Å². The summed E-state index contributed by atoms with van der Waals surface area (Å²) in [6.07, 6.45) is 2.00. The number of carbonyl (C=O) groups is 2. The summed E-state index contributed by atoms with van der Waals surface area (Å²) in [6, 6.07) is 3.66. The highest BCUT2D eigenvalue weighted by Crippen LogP contribution is 2.26. The van der Waals surface area contributed by atoms with E-state index in [0.29, 0.717) is 0 Å². The van der Waals surface area contributed by atoms with Crippen molar-refractivity contribution in [2.45, 2.75) is 12.3 Å². The minimum absolute atomic E-state index is 0.163. The van der Waals surface area contributed by atoms with Crippen LogP contribution in [0.4, 0.5) is 0 Å². The van der Waals surface area contributed by atoms with Crippen molar-refractivity contribution in [1.82, 2.24) is 4.57 Å². The molecule has 0 aliphatic carbocycles. The summed E-state index contributed by atoms with van der Waals surface area (Å²) in [7, 11) is 1.84. The number of aryl methyl sites for hydroxylation is 1. The van der Waals surface area contributed by atoms with Crippen molar-refractivity contribution in [2.75, 3.05) is 0 Å². The zero-order valence-electron chi connectivity index (χ0n) is 7.19. The van der Waals surface area contributed by atoms with Crippen LogP contribution >= 0.6 is 0 Å². The quantitative estimate of drug-likeness (QED) is 0.468. The summed E-state index contributed by atoms with van der Waals surface area (Å²) in [5.41, 5.74) is 0.829. The molecule has 4 heteroatoms. The van der Waals surface area contributed by atoms with Gasteiger partial charge in [0.1, 0.15) is 5.92 Å². The highest BCUT2D eigenvalue weighted by molar-refractivity contribution is 5.97. The minimum atomic E-state index is -0.438. The van der Waals surface area contributed by atoms with E-state index in [2.05, 4.69) is 4.74 Å². The standard InChI is InChI=1S/C9H9NO3/c1-10-4-2-3-7(10)6-5-8(11)13-9(6)12/h2-4,6H,5H2,1H3. The molecule has 0 spiro atoms. The molecule has 4 nitrogen and oxygen atoms in total. The average molecular weight is 179 g/mol. The topological polar surface area (TPSA) is 48.3 Å². The lowest BCUT2D eigenvalue weighted by molar-refractivity contribution is -0.152. The van der Waals surface area contributed by atoms with Gasteiger partial charge in [-0.05, 0) is 12.1 Å². The molecule has 0 saturated carbocycles. The number of hydrogen-bond acceptors (Lipinski definition) is 3. The Kier molecular flexibility index (Phi) is 1.69. The van der Waals surface area contributed by atoms with Crippen molar-refractivity contribution in [3.05, 3.63) is 24.0 Å². The van der Waals surface area contributed by atoms with Gasteiger partial charge in [-0.1, -0.05) is 0 Å². The second kappa shape index (κ2) is 2.73. The first kappa shape index (κ1) is 8.04. The zero-order valence-corrected chi connectivity index (χ0v) is 7.19. The molecule has 68 valence electrons. The first-order valence-electron chi connectivity index (χ1n) is 4.04. The van der Waals surface area contributed by atoms with E-state index < -0.39 is 17.9 Å². The molecular formula is C9H9NO3. The van der Waals surface area contributed by atoms with Crippen LogP contribution in [0.1, 0.15) is 18.0 Å². The van der Waals surface area contributed by atoms with Gasteiger partial charge in [0.05, 0.1) is 6.42 Å². The van der Waals surface area contributed by atoms with Crippen molar-refractivity contribution in [3.63, 3.8) is 0 Å². The van der Waals surface area contributed by atoms with Gasteiger partial charge in [-0.15, -0.1) is 0 Å². The van der Waals surface area contributed by atoms with Crippen molar-refractivity contribution in [2.24, 2.45) is 7.05 Å². The lowest BCUT2D eigenvalue weighted by Crippen LogP contribution is -2.09. The Hall–Kier alpha value is -1.58. The minimum Gasteiger partial charge on any atom is -0.393 e. The third-order valence-electron chi connectivity index (χ3n) is 2.21. The Bertz CT molecular complexity index is 367. The van der Waals surface area contributed by atoms with E-state index in [1.807, 2.05) is 29.9 Å².